The zero-order valence-electron chi connectivity index (χ0n) is 32.7. The summed E-state index contributed by atoms with van der Waals surface area (Å²) in [6, 6.07) is 9.30. The van der Waals surface area contributed by atoms with E-state index in [1.54, 1.807) is 11.6 Å². The van der Waals surface area contributed by atoms with Gasteiger partial charge in [-0.25, -0.2) is 14.5 Å². The molecular weight excluding hydrogens is 904 g/mol. The van der Waals surface area contributed by atoms with E-state index in [2.05, 4.69) is 25.6 Å². The number of pyridine rings is 1. The monoisotopic (exact) mass is 940 g/mol. The third kappa shape index (κ3) is 16.9. The highest BCUT2D eigenvalue weighted by molar-refractivity contribution is 7.90. The SMILES string of the molecule is CCOc1cc(Oc2ccc(C(F)(F)F)cc2Cl)ccc1[N+](=O)[O-].COc1cc(OC)nc(NC(=O)NS(=O)(=O)c2ncccc2C(=O)N(C)C)n1.O=C(O)CNCP(=O)(O)O. The van der Waals surface area contributed by atoms with Crippen molar-refractivity contribution in [1.82, 2.24) is 29.9 Å². The van der Waals surface area contributed by atoms with E-state index in [0.717, 1.165) is 18.2 Å². The number of aliphatic carboxylic acids is 1. The Morgan fingerprint density at radius 3 is 2.13 bits per heavy atom. The maximum atomic E-state index is 12.6. The lowest BCUT2D eigenvalue weighted by molar-refractivity contribution is -0.385. The Morgan fingerprint density at radius 1 is 1.00 bits per heavy atom. The van der Waals surface area contributed by atoms with Crippen LogP contribution in [-0.2, 0) is 25.6 Å². The summed E-state index contributed by atoms with van der Waals surface area (Å²) in [5, 5.41) is 22.3. The quantitative estimate of drug-likeness (QED) is 0.0548. The van der Waals surface area contributed by atoms with E-state index in [9.17, 15) is 50.7 Å². The second-order valence-corrected chi connectivity index (χ2v) is 15.3. The van der Waals surface area contributed by atoms with Crippen LogP contribution in [-0.4, -0.2) is 114 Å². The largest absolute Gasteiger partial charge is 0.487 e. The molecule has 0 bridgehead atoms. The summed E-state index contributed by atoms with van der Waals surface area (Å²) in [4.78, 5) is 73.4. The van der Waals surface area contributed by atoms with E-state index in [1.807, 2.05) is 0 Å². The summed E-state index contributed by atoms with van der Waals surface area (Å²) in [5.74, 6) is -1.69. The summed E-state index contributed by atoms with van der Waals surface area (Å²) in [6.07, 6.45) is -3.92. The first-order valence-corrected chi connectivity index (χ1v) is 20.4. The maximum Gasteiger partial charge on any atom is 0.416 e. The standard InChI is InChI=1S/C15H11ClF3NO4.C15H18N6O6S.C3H8NO5P/c1-2-23-14-8-10(4-5-12(14)20(21)22)24-13-6-3-9(7-11(13)16)15(17,18)19;1-21(2)13(22)9-6-5-7-16-12(9)28(24,25)20-15(23)19-14-17-10(26-3)8-11(18-14)27-4;5-3(6)1-4-2-10(7,8)9/h3-8H,2H2,1H3;5-8H,1-4H3,(H2,17,18,19,20,23);4H,1-2H2,(H,5,6)(H2,7,8,9). The van der Waals surface area contributed by atoms with E-state index in [-0.39, 0.29) is 57.8 Å². The third-order valence-electron chi connectivity index (χ3n) is 6.72. The molecular formula is C33H37ClF3N8O15PS. The number of amides is 3. The Labute approximate surface area is 354 Å². The van der Waals surface area contributed by atoms with Crippen molar-refractivity contribution in [3.05, 3.63) is 87.1 Å². The molecule has 2 aromatic heterocycles. The molecule has 62 heavy (non-hydrogen) atoms. The Morgan fingerprint density at radius 2 is 1.63 bits per heavy atom. The molecule has 3 amide bonds. The highest BCUT2D eigenvalue weighted by Crippen LogP contribution is 2.38. The van der Waals surface area contributed by atoms with Crippen LogP contribution in [0.2, 0.25) is 5.02 Å². The number of benzene rings is 2. The number of carbonyl (C=O) groups excluding carboxylic acids is 2. The van der Waals surface area contributed by atoms with E-state index in [4.69, 9.17) is 45.4 Å². The average Bonchev–Trinajstić information content (AvgIpc) is 3.17. The Kier molecular flexibility index (Phi) is 19.2. The van der Waals surface area contributed by atoms with Gasteiger partial charge in [0.15, 0.2) is 5.03 Å². The van der Waals surface area contributed by atoms with Gasteiger partial charge in [0.05, 0.1) is 60.8 Å². The van der Waals surface area contributed by atoms with Gasteiger partial charge < -0.3 is 38.7 Å². The number of hydrogen-bond donors (Lipinski definition) is 6. The van der Waals surface area contributed by atoms with E-state index >= 15 is 0 Å². The fourth-order valence-corrected chi connectivity index (χ4v) is 5.81. The van der Waals surface area contributed by atoms with Crippen LogP contribution in [0.3, 0.4) is 0 Å². The van der Waals surface area contributed by atoms with Gasteiger partial charge in [0.2, 0.25) is 23.5 Å². The molecule has 0 saturated heterocycles. The number of carboxylic acid groups (broad SMARTS) is 1. The molecule has 0 atom stereocenters. The topological polar surface area (TPSA) is 321 Å². The van der Waals surface area contributed by atoms with Gasteiger partial charge in [-0.1, -0.05) is 11.6 Å². The molecule has 2 heterocycles. The van der Waals surface area contributed by atoms with Crippen LogP contribution in [0.5, 0.6) is 29.0 Å². The minimum atomic E-state index is -4.52. The van der Waals surface area contributed by atoms with Crippen LogP contribution in [0.1, 0.15) is 22.8 Å². The van der Waals surface area contributed by atoms with Gasteiger partial charge in [0, 0.05) is 32.4 Å². The molecule has 2 aromatic carbocycles. The lowest BCUT2D eigenvalue weighted by atomic mass is 10.2. The first-order chi connectivity index (χ1) is 28.8. The minimum Gasteiger partial charge on any atom is -0.487 e. The van der Waals surface area contributed by atoms with Crippen molar-refractivity contribution < 1.29 is 79.3 Å². The number of carboxylic acids is 1. The van der Waals surface area contributed by atoms with Gasteiger partial charge in [-0.15, -0.1) is 0 Å². The van der Waals surface area contributed by atoms with Crippen LogP contribution >= 0.6 is 19.2 Å². The summed E-state index contributed by atoms with van der Waals surface area (Å²) >= 11 is 5.80. The zero-order chi connectivity index (χ0) is 47.0. The van der Waals surface area contributed by atoms with Crippen LogP contribution in [0.4, 0.5) is 29.6 Å². The van der Waals surface area contributed by atoms with Gasteiger partial charge in [-0.3, -0.25) is 34.9 Å². The van der Waals surface area contributed by atoms with E-state index < -0.39 is 70.0 Å². The third-order valence-corrected chi connectivity index (χ3v) is 8.94. The van der Waals surface area contributed by atoms with Crippen LogP contribution in [0, 0.1) is 10.1 Å². The van der Waals surface area contributed by atoms with Gasteiger partial charge in [-0.05, 0) is 43.3 Å². The number of ether oxygens (including phenoxy) is 4. The normalized spacial score (nSPS) is 11.0. The molecule has 4 aromatic rings. The molecule has 0 unspecified atom stereocenters. The van der Waals surface area contributed by atoms with Crippen molar-refractivity contribution >= 4 is 58.8 Å². The molecule has 0 aliphatic heterocycles. The van der Waals surface area contributed by atoms with Crippen molar-refractivity contribution in [1.29, 1.82) is 0 Å². The highest BCUT2D eigenvalue weighted by Gasteiger charge is 2.31. The first kappa shape index (κ1) is 51.8. The summed E-state index contributed by atoms with van der Waals surface area (Å²) < 4.78 is 95.1. The molecule has 23 nitrogen and oxygen atoms in total. The smallest absolute Gasteiger partial charge is 0.416 e. The lowest BCUT2D eigenvalue weighted by Gasteiger charge is -2.14. The molecule has 0 fully saturated rings. The van der Waals surface area contributed by atoms with Gasteiger partial charge >= 0.3 is 31.5 Å². The molecule has 6 N–H and O–H groups in total. The van der Waals surface area contributed by atoms with Gasteiger partial charge in [0.25, 0.3) is 15.9 Å². The van der Waals surface area contributed by atoms with Crippen molar-refractivity contribution in [2.45, 2.75) is 18.1 Å². The number of anilines is 1. The fraction of sp³-hybridized carbons (Fsp3) is 0.273. The number of nitrogens with zero attached hydrogens (tertiary/aromatic N) is 5. The Bertz CT molecular complexity index is 2370. The number of alkyl halides is 3. The molecule has 0 aliphatic rings. The number of urea groups is 1. The molecule has 4 rings (SSSR count). The number of methoxy groups -OCH3 is 2. The van der Waals surface area contributed by atoms with Crippen molar-refractivity contribution in [2.75, 3.05) is 53.1 Å². The number of carbonyl (C=O) groups is 3. The molecule has 0 saturated carbocycles. The van der Waals surface area contributed by atoms with E-state index in [0.29, 0.717) is 0 Å². The lowest BCUT2D eigenvalue weighted by Crippen LogP contribution is -2.36. The van der Waals surface area contributed by atoms with Crippen molar-refractivity contribution in [2.24, 2.45) is 0 Å². The molecule has 0 aliphatic carbocycles. The molecule has 0 radical (unpaired) electrons. The number of aromatic nitrogens is 3. The van der Waals surface area contributed by atoms with Crippen molar-refractivity contribution in [3.63, 3.8) is 0 Å². The Balaban J connectivity index is 0.000000354. The summed E-state index contributed by atoms with van der Waals surface area (Å²) in [6.45, 7) is 1.42. The zero-order valence-corrected chi connectivity index (χ0v) is 35.2. The number of rotatable bonds is 15. The van der Waals surface area contributed by atoms with Crippen molar-refractivity contribution in [3.8, 4) is 29.0 Å². The maximum absolute atomic E-state index is 12.6. The molecule has 338 valence electrons. The molecule has 29 heteroatoms. The number of nitro benzene ring substituents is 1. The predicted octanol–water partition coefficient (Wildman–Crippen LogP) is 4.35. The van der Waals surface area contributed by atoms with E-state index in [1.165, 1.54) is 75.8 Å². The second kappa shape index (κ2) is 23.0. The van der Waals surface area contributed by atoms with Gasteiger partial charge in [-0.2, -0.15) is 31.6 Å². The number of halogens is 4. The first-order valence-electron chi connectivity index (χ1n) is 16.7. The van der Waals surface area contributed by atoms with Crippen LogP contribution in [0.15, 0.2) is 65.8 Å². The minimum absolute atomic E-state index is 0.0111. The Hall–Kier alpha value is -6.38. The summed E-state index contributed by atoms with van der Waals surface area (Å²) in [7, 11) is -2.94. The predicted molar refractivity (Wildman–Crippen MR) is 210 cm³/mol. The molecule has 0 spiro atoms. The summed E-state index contributed by atoms with van der Waals surface area (Å²) in [5.41, 5.74) is -1.34. The number of sulfonamides is 1. The highest BCUT2D eigenvalue weighted by atomic mass is 35.5. The number of hydrogen-bond acceptors (Lipinski definition) is 16. The second-order valence-electron chi connectivity index (χ2n) is 11.6. The van der Waals surface area contributed by atoms with Crippen LogP contribution < -0.4 is 34.3 Å². The van der Waals surface area contributed by atoms with Crippen LogP contribution in [0.25, 0.3) is 0 Å². The fourth-order valence-electron chi connectivity index (χ4n) is 4.15. The van der Waals surface area contributed by atoms with Gasteiger partial charge in [0.1, 0.15) is 11.5 Å². The number of nitro groups is 1. The number of nitrogens with one attached hydrogen (secondary N) is 3. The average molecular weight is 941 g/mol.